The Morgan fingerprint density at radius 1 is 1.32 bits per heavy atom. The van der Waals surface area contributed by atoms with Crippen LogP contribution in [-0.2, 0) is 19.1 Å². The first-order valence-electron chi connectivity index (χ1n) is 6.71. The number of methoxy groups -OCH3 is 1. The molecule has 19 heavy (non-hydrogen) atoms. The molecule has 2 rings (SSSR count). The lowest BCUT2D eigenvalue weighted by atomic mass is 10.1. The molecule has 106 valence electrons. The Bertz CT molecular complexity index is 396. The summed E-state index contributed by atoms with van der Waals surface area (Å²) < 4.78 is 4.70. The lowest BCUT2D eigenvalue weighted by molar-refractivity contribution is -0.145. The predicted octanol–water partition coefficient (Wildman–Crippen LogP) is -0.124. The maximum Gasteiger partial charge on any atom is 0.310 e. The summed E-state index contributed by atoms with van der Waals surface area (Å²) in [5.74, 6) is -0.676. The first kappa shape index (κ1) is 13.8. The molecule has 0 bridgehead atoms. The SMILES string of the molecule is CCN1CC(C(=O)N2CCC(C(=O)OC)C2)CC1=O. The predicted molar refractivity (Wildman–Crippen MR) is 67.1 cm³/mol. The molecule has 2 aliphatic rings. The monoisotopic (exact) mass is 268 g/mol. The van der Waals surface area contributed by atoms with Crippen molar-refractivity contribution in [2.24, 2.45) is 11.8 Å². The first-order chi connectivity index (χ1) is 9.06. The highest BCUT2D eigenvalue weighted by Gasteiger charge is 2.39. The smallest absolute Gasteiger partial charge is 0.310 e. The number of carbonyl (C=O) groups is 3. The third kappa shape index (κ3) is 2.72. The van der Waals surface area contributed by atoms with Gasteiger partial charge in [-0.25, -0.2) is 0 Å². The van der Waals surface area contributed by atoms with Crippen molar-refractivity contribution >= 4 is 17.8 Å². The fourth-order valence-corrected chi connectivity index (χ4v) is 2.82. The fraction of sp³-hybridized carbons (Fsp3) is 0.769. The van der Waals surface area contributed by atoms with Crippen LogP contribution in [0.25, 0.3) is 0 Å². The lowest BCUT2D eigenvalue weighted by Crippen LogP contribution is -2.36. The van der Waals surface area contributed by atoms with Gasteiger partial charge in [0.2, 0.25) is 11.8 Å². The van der Waals surface area contributed by atoms with Gasteiger partial charge in [0.05, 0.1) is 18.9 Å². The highest BCUT2D eigenvalue weighted by atomic mass is 16.5. The van der Waals surface area contributed by atoms with Crippen LogP contribution in [0.3, 0.4) is 0 Å². The summed E-state index contributed by atoms with van der Waals surface area (Å²) in [7, 11) is 1.36. The van der Waals surface area contributed by atoms with Crippen LogP contribution in [0.15, 0.2) is 0 Å². The van der Waals surface area contributed by atoms with Crippen molar-refractivity contribution in [1.29, 1.82) is 0 Å². The number of ether oxygens (including phenoxy) is 1. The Kier molecular flexibility index (Phi) is 4.07. The molecule has 2 amide bonds. The summed E-state index contributed by atoms with van der Waals surface area (Å²) in [5.41, 5.74) is 0. The number of amides is 2. The Morgan fingerprint density at radius 3 is 2.63 bits per heavy atom. The van der Waals surface area contributed by atoms with Crippen LogP contribution < -0.4 is 0 Å². The van der Waals surface area contributed by atoms with Gasteiger partial charge in [-0.05, 0) is 13.3 Å². The van der Waals surface area contributed by atoms with Gasteiger partial charge in [-0.15, -0.1) is 0 Å². The van der Waals surface area contributed by atoms with E-state index in [0.717, 1.165) is 0 Å². The average Bonchev–Trinajstić information content (AvgIpc) is 3.03. The molecule has 0 aromatic rings. The number of esters is 1. The molecular formula is C13H20N2O4. The Labute approximate surface area is 112 Å². The molecule has 0 radical (unpaired) electrons. The minimum absolute atomic E-state index is 0.00398. The Morgan fingerprint density at radius 2 is 2.05 bits per heavy atom. The highest BCUT2D eigenvalue weighted by Crippen LogP contribution is 2.24. The van der Waals surface area contributed by atoms with Crippen LogP contribution in [0, 0.1) is 11.8 Å². The number of hydrogen-bond donors (Lipinski definition) is 0. The molecule has 6 nitrogen and oxygen atoms in total. The molecule has 0 aliphatic carbocycles. The molecule has 0 aromatic heterocycles. The molecule has 2 fully saturated rings. The number of nitrogens with zero attached hydrogens (tertiary/aromatic N) is 2. The standard InChI is InChI=1S/C13H20N2O4/c1-3-14-8-10(6-11(14)16)12(17)15-5-4-9(7-15)13(18)19-2/h9-10H,3-8H2,1-2H3. The molecule has 2 aliphatic heterocycles. The van der Waals surface area contributed by atoms with E-state index in [2.05, 4.69) is 0 Å². The normalized spacial score (nSPS) is 26.9. The molecule has 0 spiro atoms. The summed E-state index contributed by atoms with van der Waals surface area (Å²) in [5, 5.41) is 0. The van der Waals surface area contributed by atoms with Crippen LogP contribution in [0.4, 0.5) is 0 Å². The third-order valence-corrected chi connectivity index (χ3v) is 3.98. The lowest BCUT2D eigenvalue weighted by Gasteiger charge is -2.20. The summed E-state index contributed by atoms with van der Waals surface area (Å²) in [6.07, 6.45) is 0.947. The molecule has 2 saturated heterocycles. The van der Waals surface area contributed by atoms with Crippen LogP contribution in [-0.4, -0.2) is 60.9 Å². The van der Waals surface area contributed by atoms with Crippen LogP contribution in [0.1, 0.15) is 19.8 Å². The minimum atomic E-state index is -0.256. The molecule has 0 saturated carbocycles. The number of carbonyl (C=O) groups excluding carboxylic acids is 3. The van der Waals surface area contributed by atoms with Crippen LogP contribution >= 0.6 is 0 Å². The Hall–Kier alpha value is -1.59. The van der Waals surface area contributed by atoms with Crippen LogP contribution in [0.2, 0.25) is 0 Å². The molecule has 0 N–H and O–H groups in total. The second-order valence-corrected chi connectivity index (χ2v) is 5.13. The topological polar surface area (TPSA) is 66.9 Å². The molecule has 2 unspecified atom stereocenters. The van der Waals surface area contributed by atoms with E-state index in [1.54, 1.807) is 9.80 Å². The Balaban J connectivity index is 1.92. The van der Waals surface area contributed by atoms with E-state index < -0.39 is 0 Å². The number of hydrogen-bond acceptors (Lipinski definition) is 4. The zero-order valence-corrected chi connectivity index (χ0v) is 11.4. The van der Waals surface area contributed by atoms with E-state index in [1.165, 1.54) is 7.11 Å². The largest absolute Gasteiger partial charge is 0.469 e. The zero-order valence-electron chi connectivity index (χ0n) is 11.4. The van der Waals surface area contributed by atoms with Gasteiger partial charge < -0.3 is 14.5 Å². The van der Waals surface area contributed by atoms with Gasteiger partial charge in [0.25, 0.3) is 0 Å². The minimum Gasteiger partial charge on any atom is -0.469 e. The van der Waals surface area contributed by atoms with E-state index in [0.29, 0.717) is 39.0 Å². The summed E-state index contributed by atoms with van der Waals surface area (Å²) in [6, 6.07) is 0. The van der Waals surface area contributed by atoms with Crippen molar-refractivity contribution in [3.05, 3.63) is 0 Å². The molecule has 0 aromatic carbocycles. The second kappa shape index (κ2) is 5.59. The summed E-state index contributed by atoms with van der Waals surface area (Å²) in [4.78, 5) is 38.8. The van der Waals surface area contributed by atoms with Crippen molar-refractivity contribution in [2.45, 2.75) is 19.8 Å². The van der Waals surface area contributed by atoms with Gasteiger partial charge in [-0.2, -0.15) is 0 Å². The zero-order chi connectivity index (χ0) is 14.0. The summed E-state index contributed by atoms with van der Waals surface area (Å²) in [6.45, 7) is 4.06. The molecule has 2 atom stereocenters. The van der Waals surface area contributed by atoms with E-state index in [9.17, 15) is 14.4 Å². The third-order valence-electron chi connectivity index (χ3n) is 3.98. The van der Waals surface area contributed by atoms with Gasteiger partial charge in [-0.1, -0.05) is 0 Å². The van der Waals surface area contributed by atoms with E-state index in [-0.39, 0.29) is 29.6 Å². The molecule has 2 heterocycles. The quantitative estimate of drug-likeness (QED) is 0.669. The average molecular weight is 268 g/mol. The van der Waals surface area contributed by atoms with Crippen molar-refractivity contribution in [1.82, 2.24) is 9.80 Å². The van der Waals surface area contributed by atoms with Crippen molar-refractivity contribution < 1.29 is 19.1 Å². The highest BCUT2D eigenvalue weighted by molar-refractivity contribution is 5.89. The number of rotatable bonds is 3. The maximum atomic E-state index is 12.3. The van der Waals surface area contributed by atoms with E-state index in [4.69, 9.17) is 4.74 Å². The van der Waals surface area contributed by atoms with E-state index >= 15 is 0 Å². The van der Waals surface area contributed by atoms with Crippen molar-refractivity contribution in [3.63, 3.8) is 0 Å². The van der Waals surface area contributed by atoms with Gasteiger partial charge >= 0.3 is 5.97 Å². The fourth-order valence-electron chi connectivity index (χ4n) is 2.82. The molecule has 6 heteroatoms. The van der Waals surface area contributed by atoms with E-state index in [1.807, 2.05) is 6.92 Å². The van der Waals surface area contributed by atoms with Crippen LogP contribution in [0.5, 0.6) is 0 Å². The van der Waals surface area contributed by atoms with Gasteiger partial charge in [-0.3, -0.25) is 14.4 Å². The van der Waals surface area contributed by atoms with Crippen molar-refractivity contribution in [3.8, 4) is 0 Å². The first-order valence-corrected chi connectivity index (χ1v) is 6.71. The molecular weight excluding hydrogens is 248 g/mol. The summed E-state index contributed by atoms with van der Waals surface area (Å²) >= 11 is 0. The van der Waals surface area contributed by atoms with Gasteiger partial charge in [0.15, 0.2) is 0 Å². The van der Waals surface area contributed by atoms with Gasteiger partial charge in [0, 0.05) is 32.6 Å². The maximum absolute atomic E-state index is 12.3. The second-order valence-electron chi connectivity index (χ2n) is 5.13. The van der Waals surface area contributed by atoms with Crippen molar-refractivity contribution in [2.75, 3.05) is 33.3 Å². The van der Waals surface area contributed by atoms with Gasteiger partial charge in [0.1, 0.15) is 0 Å². The number of likely N-dealkylation sites (tertiary alicyclic amines) is 2.